The van der Waals surface area contributed by atoms with Gasteiger partial charge in [-0.1, -0.05) is 19.3 Å². The van der Waals surface area contributed by atoms with Gasteiger partial charge in [-0.05, 0) is 31.1 Å². The number of nitrogens with one attached hydrogen (secondary N) is 1. The molecule has 1 unspecified atom stereocenters. The van der Waals surface area contributed by atoms with Crippen LogP contribution in [0.1, 0.15) is 69.4 Å². The van der Waals surface area contributed by atoms with Gasteiger partial charge in [-0.2, -0.15) is 5.10 Å². The highest BCUT2D eigenvalue weighted by molar-refractivity contribution is 7.13. The summed E-state index contributed by atoms with van der Waals surface area (Å²) in [6.07, 6.45) is 13.6. The van der Waals surface area contributed by atoms with Crippen molar-refractivity contribution in [2.75, 3.05) is 11.9 Å². The molecule has 0 spiro atoms. The smallest absolute Gasteiger partial charge is 0.226 e. The predicted molar refractivity (Wildman–Crippen MR) is 112 cm³/mol. The Morgan fingerprint density at radius 1 is 1.24 bits per heavy atom. The third-order valence-electron chi connectivity index (χ3n) is 6.34. The van der Waals surface area contributed by atoms with Crippen molar-refractivity contribution in [3.05, 3.63) is 29.5 Å². The average Bonchev–Trinajstić information content (AvgIpc) is 3.43. The van der Waals surface area contributed by atoms with Gasteiger partial charge in [0.15, 0.2) is 5.13 Å². The molecule has 1 saturated carbocycles. The Morgan fingerprint density at radius 2 is 2.07 bits per heavy atom. The number of nitrogens with zero attached hydrogens (tertiary/aromatic N) is 4. The fraction of sp³-hybridized carbons (Fsp3) is 0.619. The molecule has 3 heterocycles. The van der Waals surface area contributed by atoms with Gasteiger partial charge in [0.2, 0.25) is 11.8 Å². The number of hydrogen-bond donors (Lipinski definition) is 1. The minimum Gasteiger partial charge on any atom is -0.336 e. The second kappa shape index (κ2) is 8.65. The molecule has 0 aromatic carbocycles. The molecule has 2 aromatic rings. The lowest BCUT2D eigenvalue weighted by molar-refractivity contribution is -0.136. The fourth-order valence-electron chi connectivity index (χ4n) is 4.95. The first-order chi connectivity index (χ1) is 14.0. The summed E-state index contributed by atoms with van der Waals surface area (Å²) in [6.45, 7) is 0.791. The van der Waals surface area contributed by atoms with Crippen LogP contribution >= 0.6 is 11.3 Å². The van der Waals surface area contributed by atoms with E-state index in [0.29, 0.717) is 18.0 Å². The van der Waals surface area contributed by atoms with Gasteiger partial charge >= 0.3 is 0 Å². The molecule has 2 amide bonds. The van der Waals surface area contributed by atoms with Crippen LogP contribution in [0.3, 0.4) is 0 Å². The molecule has 2 fully saturated rings. The van der Waals surface area contributed by atoms with E-state index in [4.69, 9.17) is 0 Å². The minimum atomic E-state index is -0.237. The predicted octanol–water partition coefficient (Wildman–Crippen LogP) is 3.91. The maximum atomic E-state index is 13.4. The molecule has 1 aliphatic carbocycles. The number of anilines is 1. The summed E-state index contributed by atoms with van der Waals surface area (Å²) in [5, 5.41) is 9.66. The molecule has 2 aromatic heterocycles. The first-order valence-corrected chi connectivity index (χ1v) is 11.4. The average molecular weight is 416 g/mol. The van der Waals surface area contributed by atoms with E-state index in [9.17, 15) is 9.59 Å². The maximum Gasteiger partial charge on any atom is 0.226 e. The van der Waals surface area contributed by atoms with Crippen molar-refractivity contribution < 1.29 is 9.59 Å². The Kier molecular flexibility index (Phi) is 5.99. The van der Waals surface area contributed by atoms with Crippen LogP contribution in [0.15, 0.2) is 24.0 Å². The van der Waals surface area contributed by atoms with Gasteiger partial charge in [-0.3, -0.25) is 14.3 Å². The monoisotopic (exact) mass is 415 g/mol. The zero-order valence-electron chi connectivity index (χ0n) is 17.0. The van der Waals surface area contributed by atoms with Crippen LogP contribution in [0.4, 0.5) is 5.13 Å². The van der Waals surface area contributed by atoms with Crippen LogP contribution in [-0.4, -0.2) is 38.0 Å². The molecular weight excluding hydrogens is 386 g/mol. The molecule has 4 rings (SSSR count). The molecule has 1 atom stereocenters. The number of hydrogen-bond acceptors (Lipinski definition) is 5. The number of aryl methyl sites for hydroxylation is 1. The molecule has 0 radical (unpaired) electrons. The Labute approximate surface area is 175 Å². The summed E-state index contributed by atoms with van der Waals surface area (Å²) in [5.41, 5.74) is 0.872. The first kappa shape index (κ1) is 20.1. The third kappa shape index (κ3) is 4.69. The number of thiazole rings is 1. The Bertz CT molecular complexity index is 841. The Balaban J connectivity index is 1.45. The van der Waals surface area contributed by atoms with E-state index in [0.717, 1.165) is 50.6 Å². The van der Waals surface area contributed by atoms with Crippen LogP contribution in [0.5, 0.6) is 0 Å². The number of amides is 2. The van der Waals surface area contributed by atoms with Gasteiger partial charge in [0.25, 0.3) is 0 Å². The molecule has 1 aliphatic heterocycles. The normalized spacial score (nSPS) is 21.3. The quantitative estimate of drug-likeness (QED) is 0.776. The van der Waals surface area contributed by atoms with Gasteiger partial charge < -0.3 is 10.2 Å². The van der Waals surface area contributed by atoms with Crippen LogP contribution in [0, 0.1) is 5.41 Å². The van der Waals surface area contributed by atoms with Crippen molar-refractivity contribution in [2.45, 2.75) is 63.8 Å². The molecule has 156 valence electrons. The summed E-state index contributed by atoms with van der Waals surface area (Å²) in [7, 11) is 1.91. The summed E-state index contributed by atoms with van der Waals surface area (Å²) < 4.78 is 1.79. The minimum absolute atomic E-state index is 0.0279. The van der Waals surface area contributed by atoms with E-state index in [1.165, 1.54) is 17.8 Å². The van der Waals surface area contributed by atoms with Crippen LogP contribution in [0.25, 0.3) is 0 Å². The molecular formula is C21H29N5O2S. The standard InChI is InChI=1S/C21H29N5O2S/c1-25-15-16(14-23-25)17-6-5-10-26(17)19(28)13-21(7-3-2-4-8-21)12-18(27)24-20-22-9-11-29-20/h9,11,14-15,17H,2-8,10,12-13H2,1H3,(H,22,24,27). The Hall–Kier alpha value is -2.22. The van der Waals surface area contributed by atoms with Gasteiger partial charge in [0, 0.05) is 49.8 Å². The lowest BCUT2D eigenvalue weighted by Gasteiger charge is -2.38. The number of likely N-dealkylation sites (tertiary alicyclic amines) is 1. The first-order valence-electron chi connectivity index (χ1n) is 10.5. The molecule has 8 heteroatoms. The van der Waals surface area contributed by atoms with Crippen molar-refractivity contribution >= 4 is 28.3 Å². The van der Waals surface area contributed by atoms with Gasteiger partial charge in [0.1, 0.15) is 0 Å². The number of carbonyl (C=O) groups is 2. The number of aromatic nitrogens is 3. The molecule has 0 bridgehead atoms. The summed E-state index contributed by atoms with van der Waals surface area (Å²) in [5.74, 6) is 0.153. The van der Waals surface area contributed by atoms with E-state index in [-0.39, 0.29) is 23.3 Å². The summed E-state index contributed by atoms with van der Waals surface area (Å²) in [6, 6.07) is 0.112. The summed E-state index contributed by atoms with van der Waals surface area (Å²) in [4.78, 5) is 32.2. The van der Waals surface area contributed by atoms with Crippen LogP contribution in [0.2, 0.25) is 0 Å². The van der Waals surface area contributed by atoms with Gasteiger partial charge in [0.05, 0.1) is 12.2 Å². The zero-order chi connectivity index (χ0) is 20.3. The SMILES string of the molecule is Cn1cc(C2CCCN2C(=O)CC2(CC(=O)Nc3nccs3)CCCCC2)cn1. The van der Waals surface area contributed by atoms with Crippen molar-refractivity contribution in [1.29, 1.82) is 0 Å². The third-order valence-corrected chi connectivity index (χ3v) is 7.03. The maximum absolute atomic E-state index is 13.4. The lowest BCUT2D eigenvalue weighted by Crippen LogP contribution is -2.38. The van der Waals surface area contributed by atoms with E-state index in [2.05, 4.69) is 15.4 Å². The Morgan fingerprint density at radius 3 is 2.76 bits per heavy atom. The summed E-state index contributed by atoms with van der Waals surface area (Å²) >= 11 is 1.42. The number of rotatable bonds is 6. The zero-order valence-corrected chi connectivity index (χ0v) is 17.8. The second-order valence-corrected chi connectivity index (χ2v) is 9.39. The van der Waals surface area contributed by atoms with E-state index in [1.807, 2.05) is 29.7 Å². The van der Waals surface area contributed by atoms with Gasteiger partial charge in [-0.15, -0.1) is 11.3 Å². The highest BCUT2D eigenvalue weighted by atomic mass is 32.1. The van der Waals surface area contributed by atoms with E-state index >= 15 is 0 Å². The highest BCUT2D eigenvalue weighted by Crippen LogP contribution is 2.44. The largest absolute Gasteiger partial charge is 0.336 e. The second-order valence-electron chi connectivity index (χ2n) is 8.49. The van der Waals surface area contributed by atoms with E-state index in [1.54, 1.807) is 10.9 Å². The molecule has 29 heavy (non-hydrogen) atoms. The van der Waals surface area contributed by atoms with Crippen LogP contribution < -0.4 is 5.32 Å². The highest BCUT2D eigenvalue weighted by Gasteiger charge is 2.40. The topological polar surface area (TPSA) is 80.1 Å². The van der Waals surface area contributed by atoms with Crippen molar-refractivity contribution in [3.8, 4) is 0 Å². The molecule has 1 saturated heterocycles. The van der Waals surface area contributed by atoms with E-state index < -0.39 is 0 Å². The molecule has 7 nitrogen and oxygen atoms in total. The van der Waals surface area contributed by atoms with Crippen molar-refractivity contribution in [3.63, 3.8) is 0 Å². The van der Waals surface area contributed by atoms with Crippen molar-refractivity contribution in [1.82, 2.24) is 19.7 Å². The molecule has 2 aliphatic rings. The van der Waals surface area contributed by atoms with Gasteiger partial charge in [-0.25, -0.2) is 4.98 Å². The fourth-order valence-corrected chi connectivity index (χ4v) is 5.50. The van der Waals surface area contributed by atoms with Crippen LogP contribution in [-0.2, 0) is 16.6 Å². The number of carbonyl (C=O) groups excluding carboxylic acids is 2. The van der Waals surface area contributed by atoms with Crippen molar-refractivity contribution in [2.24, 2.45) is 12.5 Å². The molecule has 1 N–H and O–H groups in total. The lowest BCUT2D eigenvalue weighted by atomic mass is 9.69.